The molecule has 0 spiro atoms. The molecule has 0 unspecified atom stereocenters. The van der Waals surface area contributed by atoms with Crippen LogP contribution in [0.2, 0.25) is 0 Å². The van der Waals surface area contributed by atoms with Crippen molar-refractivity contribution in [1.82, 2.24) is 19.2 Å². The first-order valence-electron chi connectivity index (χ1n) is 8.24. The highest BCUT2D eigenvalue weighted by molar-refractivity contribution is 5.93. The van der Waals surface area contributed by atoms with E-state index in [4.69, 9.17) is 4.42 Å². The molecule has 0 N–H and O–H groups in total. The second-order valence-corrected chi connectivity index (χ2v) is 6.05. The lowest BCUT2D eigenvalue weighted by molar-refractivity contribution is 0.0758. The highest BCUT2D eigenvalue weighted by atomic mass is 16.3. The summed E-state index contributed by atoms with van der Waals surface area (Å²) < 4.78 is 8.15. The van der Waals surface area contributed by atoms with Crippen molar-refractivity contribution >= 4 is 5.91 Å². The van der Waals surface area contributed by atoms with Crippen molar-refractivity contribution in [2.24, 2.45) is 0 Å². The summed E-state index contributed by atoms with van der Waals surface area (Å²) in [5.74, 6) is 0.646. The van der Waals surface area contributed by atoms with E-state index in [1.165, 1.54) is 17.2 Å². The molecule has 2 aromatic heterocycles. The molecule has 1 aromatic carbocycles. The van der Waals surface area contributed by atoms with E-state index in [9.17, 15) is 9.59 Å². The van der Waals surface area contributed by atoms with Crippen molar-refractivity contribution in [1.29, 1.82) is 0 Å². The number of benzene rings is 1. The van der Waals surface area contributed by atoms with Gasteiger partial charge in [-0.25, -0.2) is 9.48 Å². The monoisotopic (exact) mass is 338 g/mol. The molecule has 0 bridgehead atoms. The molecule has 25 heavy (non-hydrogen) atoms. The first-order valence-corrected chi connectivity index (χ1v) is 8.24. The van der Waals surface area contributed by atoms with Crippen LogP contribution in [0, 0.1) is 0 Å². The van der Waals surface area contributed by atoms with Gasteiger partial charge in [0.2, 0.25) is 0 Å². The topological polar surface area (TPSA) is 73.3 Å². The summed E-state index contributed by atoms with van der Waals surface area (Å²) in [6, 6.07) is 11.4. The molecule has 3 aromatic rings. The molecule has 128 valence electrons. The van der Waals surface area contributed by atoms with Crippen LogP contribution in [0.3, 0.4) is 0 Å². The van der Waals surface area contributed by atoms with Crippen LogP contribution in [-0.4, -0.2) is 38.2 Å². The van der Waals surface area contributed by atoms with Gasteiger partial charge in [0, 0.05) is 26.1 Å². The van der Waals surface area contributed by atoms with Crippen LogP contribution < -0.4 is 5.69 Å². The van der Waals surface area contributed by atoms with Gasteiger partial charge < -0.3 is 9.32 Å². The maximum Gasteiger partial charge on any atom is 0.346 e. The summed E-state index contributed by atoms with van der Waals surface area (Å²) in [7, 11) is 0. The fourth-order valence-corrected chi connectivity index (χ4v) is 3.09. The molecular weight excluding hydrogens is 320 g/mol. The number of carbonyl (C=O) groups is 1. The standard InChI is InChI=1S/C18H18N4O3/c23-17(15-7-11-25-13-15)20-8-6-16-19-22(18(24)21(16)10-9-20)12-14-4-2-1-3-5-14/h1-5,7,11,13H,6,8-10,12H2. The quantitative estimate of drug-likeness (QED) is 0.723. The minimum Gasteiger partial charge on any atom is -0.472 e. The number of rotatable bonds is 3. The molecule has 0 saturated carbocycles. The van der Waals surface area contributed by atoms with E-state index in [1.807, 2.05) is 30.3 Å². The van der Waals surface area contributed by atoms with Gasteiger partial charge >= 0.3 is 5.69 Å². The highest BCUT2D eigenvalue weighted by Crippen LogP contribution is 2.11. The Morgan fingerprint density at radius 1 is 1.12 bits per heavy atom. The molecule has 4 rings (SSSR count). The van der Waals surface area contributed by atoms with E-state index < -0.39 is 0 Å². The van der Waals surface area contributed by atoms with Gasteiger partial charge in [-0.2, -0.15) is 5.10 Å². The molecular formula is C18H18N4O3. The average Bonchev–Trinajstić information content (AvgIpc) is 3.20. The van der Waals surface area contributed by atoms with Crippen LogP contribution in [0.4, 0.5) is 0 Å². The summed E-state index contributed by atoms with van der Waals surface area (Å²) in [6.45, 7) is 1.92. The maximum atomic E-state index is 12.6. The first-order chi connectivity index (χ1) is 12.2. The van der Waals surface area contributed by atoms with Gasteiger partial charge in [0.05, 0.1) is 18.4 Å². The van der Waals surface area contributed by atoms with Crippen molar-refractivity contribution < 1.29 is 9.21 Å². The van der Waals surface area contributed by atoms with Gasteiger partial charge in [-0.1, -0.05) is 30.3 Å². The van der Waals surface area contributed by atoms with Crippen LogP contribution in [0.1, 0.15) is 21.7 Å². The number of fused-ring (bicyclic) bond motifs is 1. The Morgan fingerprint density at radius 2 is 1.96 bits per heavy atom. The fourth-order valence-electron chi connectivity index (χ4n) is 3.09. The first kappa shape index (κ1) is 15.4. The van der Waals surface area contributed by atoms with Crippen molar-refractivity contribution in [3.63, 3.8) is 0 Å². The van der Waals surface area contributed by atoms with Crippen LogP contribution >= 0.6 is 0 Å². The Labute approximate surface area is 144 Å². The summed E-state index contributed by atoms with van der Waals surface area (Å²) in [5, 5.41) is 4.47. The number of furan rings is 1. The molecule has 3 heterocycles. The second kappa shape index (κ2) is 6.43. The largest absolute Gasteiger partial charge is 0.472 e. The Balaban J connectivity index is 1.52. The molecule has 7 heteroatoms. The number of nitrogens with zero attached hydrogens (tertiary/aromatic N) is 4. The lowest BCUT2D eigenvalue weighted by Gasteiger charge is -2.18. The number of hydrogen-bond donors (Lipinski definition) is 0. The molecule has 1 aliphatic heterocycles. The fraction of sp³-hybridized carbons (Fsp3) is 0.278. The van der Waals surface area contributed by atoms with Gasteiger partial charge in [-0.15, -0.1) is 0 Å². The highest BCUT2D eigenvalue weighted by Gasteiger charge is 2.23. The van der Waals surface area contributed by atoms with Crippen LogP contribution in [0.5, 0.6) is 0 Å². The zero-order chi connectivity index (χ0) is 17.2. The van der Waals surface area contributed by atoms with Crippen LogP contribution in [0.25, 0.3) is 0 Å². The number of hydrogen-bond acceptors (Lipinski definition) is 4. The van der Waals surface area contributed by atoms with E-state index >= 15 is 0 Å². The van der Waals surface area contributed by atoms with Gasteiger partial charge in [0.25, 0.3) is 5.91 Å². The summed E-state index contributed by atoms with van der Waals surface area (Å²) in [5.41, 5.74) is 1.44. The number of carbonyl (C=O) groups excluding carboxylic acids is 1. The molecule has 0 fully saturated rings. The third-order valence-corrected chi connectivity index (χ3v) is 4.43. The minimum absolute atomic E-state index is 0.0795. The van der Waals surface area contributed by atoms with Gasteiger partial charge in [-0.3, -0.25) is 9.36 Å². The van der Waals surface area contributed by atoms with E-state index in [-0.39, 0.29) is 11.6 Å². The maximum absolute atomic E-state index is 12.6. The SMILES string of the molecule is O=C(c1ccoc1)N1CCc2nn(Cc3ccccc3)c(=O)n2CC1. The molecule has 7 nitrogen and oxygen atoms in total. The molecule has 0 radical (unpaired) electrons. The Kier molecular flexibility index (Phi) is 3.97. The molecule has 0 atom stereocenters. The predicted octanol–water partition coefficient (Wildman–Crippen LogP) is 1.38. The van der Waals surface area contributed by atoms with Gasteiger partial charge in [0.15, 0.2) is 0 Å². The normalized spacial score (nSPS) is 14.2. The zero-order valence-corrected chi connectivity index (χ0v) is 13.7. The van der Waals surface area contributed by atoms with E-state index in [0.29, 0.717) is 38.2 Å². The van der Waals surface area contributed by atoms with Crippen molar-refractivity contribution in [2.45, 2.75) is 19.5 Å². The van der Waals surface area contributed by atoms with E-state index in [0.717, 1.165) is 11.4 Å². The molecule has 1 aliphatic rings. The Hall–Kier alpha value is -3.09. The van der Waals surface area contributed by atoms with Crippen LogP contribution in [-0.2, 0) is 19.5 Å². The third kappa shape index (κ3) is 3.00. The van der Waals surface area contributed by atoms with E-state index in [2.05, 4.69) is 5.10 Å². The minimum atomic E-state index is -0.128. The summed E-state index contributed by atoms with van der Waals surface area (Å²) in [6.07, 6.45) is 3.48. The lowest BCUT2D eigenvalue weighted by atomic mass is 10.2. The average molecular weight is 338 g/mol. The third-order valence-electron chi connectivity index (χ3n) is 4.43. The smallest absolute Gasteiger partial charge is 0.346 e. The summed E-state index contributed by atoms with van der Waals surface area (Å²) >= 11 is 0. The Morgan fingerprint density at radius 3 is 2.72 bits per heavy atom. The molecule has 1 amide bonds. The van der Waals surface area contributed by atoms with Gasteiger partial charge in [0.1, 0.15) is 12.1 Å². The van der Waals surface area contributed by atoms with Crippen molar-refractivity contribution in [3.05, 3.63) is 76.4 Å². The van der Waals surface area contributed by atoms with Crippen molar-refractivity contribution in [3.8, 4) is 0 Å². The molecule has 0 saturated heterocycles. The summed E-state index contributed by atoms with van der Waals surface area (Å²) in [4.78, 5) is 26.8. The number of aromatic nitrogens is 3. The second-order valence-electron chi connectivity index (χ2n) is 6.05. The van der Waals surface area contributed by atoms with Crippen LogP contribution in [0.15, 0.2) is 58.1 Å². The molecule has 0 aliphatic carbocycles. The van der Waals surface area contributed by atoms with E-state index in [1.54, 1.807) is 15.5 Å². The van der Waals surface area contributed by atoms with Gasteiger partial charge in [-0.05, 0) is 11.6 Å². The lowest BCUT2D eigenvalue weighted by Crippen LogP contribution is -2.35. The Bertz CT molecular complexity index is 925. The number of amides is 1. The zero-order valence-electron chi connectivity index (χ0n) is 13.7. The predicted molar refractivity (Wildman–Crippen MR) is 90.3 cm³/mol. The van der Waals surface area contributed by atoms with Crippen molar-refractivity contribution in [2.75, 3.05) is 13.1 Å².